The highest BCUT2D eigenvalue weighted by Crippen LogP contribution is 2.39. The molecule has 2 aromatic heterocycles. The summed E-state index contributed by atoms with van der Waals surface area (Å²) in [7, 11) is 0. The SMILES string of the molecule is CC(C)(C)OC(=O)N1CCOC(COc2cc(F)ccc2-c2nnc(-c3ccc4c(c3)CNC(=O)C4)c3ccsc23)C1. The first-order valence-corrected chi connectivity index (χ1v) is 14.7. The normalized spacial score (nSPS) is 17.1. The van der Waals surface area contributed by atoms with E-state index in [2.05, 4.69) is 15.5 Å². The highest BCUT2D eigenvalue weighted by atomic mass is 32.1. The number of fused-ring (bicyclic) bond motifs is 2. The summed E-state index contributed by atoms with van der Waals surface area (Å²) in [5.74, 6) is -0.108. The van der Waals surface area contributed by atoms with E-state index in [0.717, 1.165) is 32.5 Å². The third-order valence-electron chi connectivity index (χ3n) is 7.11. The van der Waals surface area contributed by atoms with Crippen LogP contribution in [-0.2, 0) is 27.2 Å². The predicted octanol–water partition coefficient (Wildman–Crippen LogP) is 5.35. The molecular weight excluding hydrogens is 559 g/mol. The van der Waals surface area contributed by atoms with E-state index in [1.807, 2.05) is 50.4 Å². The maximum atomic E-state index is 14.4. The summed E-state index contributed by atoms with van der Waals surface area (Å²) < 4.78 is 32.8. The molecule has 42 heavy (non-hydrogen) atoms. The van der Waals surface area contributed by atoms with Gasteiger partial charge in [0.05, 0.1) is 24.3 Å². The van der Waals surface area contributed by atoms with Crippen LogP contribution < -0.4 is 10.1 Å². The van der Waals surface area contributed by atoms with Crippen molar-refractivity contribution in [1.82, 2.24) is 20.4 Å². The number of rotatable bonds is 5. The Morgan fingerprint density at radius 1 is 1.14 bits per heavy atom. The topological polar surface area (TPSA) is 103 Å². The third kappa shape index (κ3) is 5.93. The molecule has 218 valence electrons. The molecule has 9 nitrogen and oxygen atoms in total. The highest BCUT2D eigenvalue weighted by Gasteiger charge is 2.29. The van der Waals surface area contributed by atoms with Gasteiger partial charge in [0.2, 0.25) is 5.91 Å². The number of thiophene rings is 1. The second kappa shape index (κ2) is 11.3. The van der Waals surface area contributed by atoms with Gasteiger partial charge in [-0.05, 0) is 61.5 Å². The lowest BCUT2D eigenvalue weighted by Crippen LogP contribution is -2.49. The molecular formula is C31H31FN4O5S. The largest absolute Gasteiger partial charge is 0.490 e. The average Bonchev–Trinajstić information content (AvgIpc) is 3.45. The molecule has 6 rings (SSSR count). The second-order valence-electron chi connectivity index (χ2n) is 11.4. The van der Waals surface area contributed by atoms with Gasteiger partial charge in [0.25, 0.3) is 0 Å². The van der Waals surface area contributed by atoms with Gasteiger partial charge in [-0.2, -0.15) is 0 Å². The number of benzene rings is 2. The number of amides is 2. The molecule has 1 fully saturated rings. The summed E-state index contributed by atoms with van der Waals surface area (Å²) in [6.07, 6.45) is -0.445. The van der Waals surface area contributed by atoms with Crippen LogP contribution in [0.5, 0.6) is 5.75 Å². The van der Waals surface area contributed by atoms with Crippen molar-refractivity contribution in [2.45, 2.75) is 45.4 Å². The smallest absolute Gasteiger partial charge is 0.410 e. The minimum absolute atomic E-state index is 0.0207. The fourth-order valence-corrected chi connectivity index (χ4v) is 6.01. The van der Waals surface area contributed by atoms with Crippen LogP contribution in [0.1, 0.15) is 31.9 Å². The number of hydrogen-bond donors (Lipinski definition) is 1. The van der Waals surface area contributed by atoms with Gasteiger partial charge in [-0.25, -0.2) is 9.18 Å². The molecule has 2 aliphatic rings. The van der Waals surface area contributed by atoms with E-state index in [-0.39, 0.29) is 12.5 Å². The lowest BCUT2D eigenvalue weighted by atomic mass is 9.96. The maximum absolute atomic E-state index is 14.4. The average molecular weight is 591 g/mol. The standard InChI is InChI=1S/C31H31FN4O5S/c1-31(2,3)41-30(38)36-9-10-39-22(16-36)17-40-25-14-21(32)6-7-23(25)28-29-24(8-11-42-29)27(34-35-28)19-5-4-18-13-26(37)33-15-20(18)12-19/h4-8,11-12,14,22H,9-10,13,15-17H2,1-3H3,(H,33,37). The molecule has 1 unspecified atom stereocenters. The lowest BCUT2D eigenvalue weighted by Gasteiger charge is -2.34. The van der Waals surface area contributed by atoms with Crippen molar-refractivity contribution in [3.8, 4) is 28.3 Å². The first-order chi connectivity index (χ1) is 20.1. The fraction of sp³-hybridized carbons (Fsp3) is 0.355. The highest BCUT2D eigenvalue weighted by molar-refractivity contribution is 7.17. The van der Waals surface area contributed by atoms with E-state index in [1.54, 1.807) is 11.0 Å². The molecule has 1 saturated heterocycles. The zero-order valence-electron chi connectivity index (χ0n) is 23.6. The molecule has 0 radical (unpaired) electrons. The molecule has 0 bridgehead atoms. The number of nitrogens with zero attached hydrogens (tertiary/aromatic N) is 3. The van der Waals surface area contributed by atoms with Crippen molar-refractivity contribution in [1.29, 1.82) is 0 Å². The van der Waals surface area contributed by atoms with E-state index < -0.39 is 23.6 Å². The van der Waals surface area contributed by atoms with Gasteiger partial charge in [-0.3, -0.25) is 4.79 Å². The Morgan fingerprint density at radius 2 is 1.98 bits per heavy atom. The molecule has 2 amide bonds. The number of halogens is 1. The monoisotopic (exact) mass is 590 g/mol. The first kappa shape index (κ1) is 28.0. The van der Waals surface area contributed by atoms with Crippen LogP contribution >= 0.6 is 11.3 Å². The third-order valence-corrected chi connectivity index (χ3v) is 8.03. The number of carbonyl (C=O) groups excluding carboxylic acids is 2. The Bertz CT molecular complexity index is 1670. The quantitative estimate of drug-likeness (QED) is 0.334. The Morgan fingerprint density at radius 3 is 2.81 bits per heavy atom. The van der Waals surface area contributed by atoms with Gasteiger partial charge in [0, 0.05) is 35.7 Å². The van der Waals surface area contributed by atoms with Crippen molar-refractivity contribution >= 4 is 33.4 Å². The zero-order valence-corrected chi connectivity index (χ0v) is 24.4. The molecule has 0 aliphatic carbocycles. The number of morpholine rings is 1. The molecule has 11 heteroatoms. The Kier molecular flexibility index (Phi) is 7.54. The van der Waals surface area contributed by atoms with E-state index in [4.69, 9.17) is 14.2 Å². The number of carbonyl (C=O) groups is 2. The van der Waals surface area contributed by atoms with Gasteiger partial charge in [0.1, 0.15) is 41.3 Å². The minimum atomic E-state index is -0.598. The van der Waals surface area contributed by atoms with Crippen molar-refractivity contribution in [3.05, 3.63) is 64.8 Å². The molecule has 2 aliphatic heterocycles. The summed E-state index contributed by atoms with van der Waals surface area (Å²) in [6, 6.07) is 12.3. The van der Waals surface area contributed by atoms with Gasteiger partial charge in [-0.1, -0.05) is 12.1 Å². The van der Waals surface area contributed by atoms with Crippen molar-refractivity contribution in [3.63, 3.8) is 0 Å². The molecule has 1 atom stereocenters. The van der Waals surface area contributed by atoms with E-state index in [0.29, 0.717) is 49.7 Å². The van der Waals surface area contributed by atoms with Crippen LogP contribution in [0, 0.1) is 5.82 Å². The number of nitrogens with one attached hydrogen (secondary N) is 1. The molecule has 4 heterocycles. The molecule has 1 N–H and O–H groups in total. The number of aromatic nitrogens is 2. The molecule has 0 spiro atoms. The van der Waals surface area contributed by atoms with E-state index in [1.165, 1.54) is 23.5 Å². The summed E-state index contributed by atoms with van der Waals surface area (Å²) in [5.41, 5.74) is 4.31. The number of ether oxygens (including phenoxy) is 3. The Labute approximate surface area is 246 Å². The van der Waals surface area contributed by atoms with Gasteiger partial charge in [0.15, 0.2) is 0 Å². The molecule has 0 saturated carbocycles. The summed E-state index contributed by atoms with van der Waals surface area (Å²) >= 11 is 1.52. The van der Waals surface area contributed by atoms with Gasteiger partial charge in [-0.15, -0.1) is 21.5 Å². The summed E-state index contributed by atoms with van der Waals surface area (Å²) in [6.45, 7) is 7.14. The second-order valence-corrected chi connectivity index (χ2v) is 12.3. The van der Waals surface area contributed by atoms with Crippen LogP contribution in [0.2, 0.25) is 0 Å². The van der Waals surface area contributed by atoms with Crippen molar-refractivity contribution in [2.24, 2.45) is 0 Å². The van der Waals surface area contributed by atoms with Gasteiger partial charge < -0.3 is 24.4 Å². The minimum Gasteiger partial charge on any atom is -0.490 e. The predicted molar refractivity (Wildman–Crippen MR) is 157 cm³/mol. The maximum Gasteiger partial charge on any atom is 0.410 e. The van der Waals surface area contributed by atoms with E-state index >= 15 is 0 Å². The summed E-state index contributed by atoms with van der Waals surface area (Å²) in [5, 5.41) is 15.0. The number of hydrogen-bond acceptors (Lipinski definition) is 8. The van der Waals surface area contributed by atoms with Crippen LogP contribution in [0.4, 0.5) is 9.18 Å². The summed E-state index contributed by atoms with van der Waals surface area (Å²) in [4.78, 5) is 25.9. The van der Waals surface area contributed by atoms with Crippen LogP contribution in [0.15, 0.2) is 47.8 Å². The van der Waals surface area contributed by atoms with Crippen molar-refractivity contribution < 1.29 is 28.2 Å². The van der Waals surface area contributed by atoms with E-state index in [9.17, 15) is 14.0 Å². The van der Waals surface area contributed by atoms with Crippen molar-refractivity contribution in [2.75, 3.05) is 26.3 Å². The lowest BCUT2D eigenvalue weighted by molar-refractivity contribution is -0.121. The van der Waals surface area contributed by atoms with Crippen LogP contribution in [0.25, 0.3) is 32.6 Å². The Hall–Kier alpha value is -4.09. The first-order valence-electron chi connectivity index (χ1n) is 13.8. The van der Waals surface area contributed by atoms with Crippen LogP contribution in [0.3, 0.4) is 0 Å². The van der Waals surface area contributed by atoms with Gasteiger partial charge >= 0.3 is 6.09 Å². The fourth-order valence-electron chi connectivity index (χ4n) is 5.11. The molecule has 2 aromatic carbocycles. The van der Waals surface area contributed by atoms with Crippen LogP contribution in [-0.4, -0.2) is 65.1 Å². The Balaban J connectivity index is 1.25. The molecule has 4 aromatic rings. The zero-order chi connectivity index (χ0) is 29.4.